The van der Waals surface area contributed by atoms with Gasteiger partial charge in [-0.25, -0.2) is 4.39 Å². The highest BCUT2D eigenvalue weighted by Crippen LogP contribution is 2.39. The van der Waals surface area contributed by atoms with E-state index in [0.717, 1.165) is 31.7 Å². The zero-order chi connectivity index (χ0) is 14.7. The lowest BCUT2D eigenvalue weighted by Crippen LogP contribution is -2.47. The average molecular weight is 347 g/mol. The van der Waals surface area contributed by atoms with Crippen LogP contribution in [0.25, 0.3) is 0 Å². The van der Waals surface area contributed by atoms with Gasteiger partial charge in [0.05, 0.1) is 0 Å². The molecule has 0 unspecified atom stereocenters. The summed E-state index contributed by atoms with van der Waals surface area (Å²) in [5.41, 5.74) is 1.06. The molecule has 3 rings (SSSR count). The molecule has 1 aromatic carbocycles. The monoisotopic (exact) mass is 346 g/mol. The molecule has 1 heterocycles. The molecule has 124 valence electrons. The van der Waals surface area contributed by atoms with Gasteiger partial charge in [0.2, 0.25) is 0 Å². The standard InChI is InChI=1S/C17H24ClFN2.ClH/c18-15-10-14(11-16(19)12-15)17(13-4-2-1-3-5-13)21-8-6-20-7-9-21;/h10-13,17,20H,1-9H2;1H/t17-;/m1./s1. The van der Waals surface area contributed by atoms with Crippen LogP contribution in [-0.4, -0.2) is 31.1 Å². The van der Waals surface area contributed by atoms with Gasteiger partial charge < -0.3 is 5.32 Å². The van der Waals surface area contributed by atoms with Gasteiger partial charge in [-0.3, -0.25) is 4.90 Å². The van der Waals surface area contributed by atoms with Crippen molar-refractivity contribution < 1.29 is 4.39 Å². The Balaban J connectivity index is 0.00000176. The van der Waals surface area contributed by atoms with Crippen molar-refractivity contribution in [3.05, 3.63) is 34.6 Å². The predicted molar refractivity (Wildman–Crippen MR) is 92.4 cm³/mol. The topological polar surface area (TPSA) is 15.3 Å². The van der Waals surface area contributed by atoms with Crippen LogP contribution in [0, 0.1) is 11.7 Å². The van der Waals surface area contributed by atoms with E-state index < -0.39 is 0 Å². The molecule has 1 saturated carbocycles. The first-order valence-electron chi connectivity index (χ1n) is 8.15. The zero-order valence-electron chi connectivity index (χ0n) is 12.9. The minimum absolute atomic E-state index is 0. The molecule has 1 aliphatic carbocycles. The fourth-order valence-electron chi connectivity index (χ4n) is 3.94. The van der Waals surface area contributed by atoms with Crippen LogP contribution in [0.2, 0.25) is 5.02 Å². The lowest BCUT2D eigenvalue weighted by Gasteiger charge is -2.41. The molecule has 2 nitrogen and oxygen atoms in total. The van der Waals surface area contributed by atoms with E-state index in [4.69, 9.17) is 11.6 Å². The molecule has 1 aliphatic heterocycles. The molecular formula is C17H25Cl2FN2. The first-order chi connectivity index (χ1) is 10.2. The summed E-state index contributed by atoms with van der Waals surface area (Å²) in [5, 5.41) is 3.92. The smallest absolute Gasteiger partial charge is 0.125 e. The minimum Gasteiger partial charge on any atom is -0.314 e. The van der Waals surface area contributed by atoms with Crippen molar-refractivity contribution >= 4 is 24.0 Å². The highest BCUT2D eigenvalue weighted by molar-refractivity contribution is 6.30. The molecule has 1 aromatic rings. The maximum atomic E-state index is 13.8. The summed E-state index contributed by atoms with van der Waals surface area (Å²) in [5.74, 6) is 0.420. The molecule has 1 saturated heterocycles. The summed E-state index contributed by atoms with van der Waals surface area (Å²) >= 11 is 6.10. The van der Waals surface area contributed by atoms with Crippen molar-refractivity contribution in [3.63, 3.8) is 0 Å². The van der Waals surface area contributed by atoms with Gasteiger partial charge in [-0.05, 0) is 42.5 Å². The van der Waals surface area contributed by atoms with Crippen molar-refractivity contribution in [2.24, 2.45) is 5.92 Å². The second kappa shape index (κ2) is 8.49. The third-order valence-electron chi connectivity index (χ3n) is 4.87. The molecule has 22 heavy (non-hydrogen) atoms. The number of hydrogen-bond donors (Lipinski definition) is 1. The van der Waals surface area contributed by atoms with E-state index in [1.807, 2.05) is 6.07 Å². The summed E-state index contributed by atoms with van der Waals surface area (Å²) in [4.78, 5) is 2.53. The van der Waals surface area contributed by atoms with Gasteiger partial charge in [0, 0.05) is 37.2 Å². The van der Waals surface area contributed by atoms with Gasteiger partial charge in [-0.2, -0.15) is 0 Å². The lowest BCUT2D eigenvalue weighted by atomic mass is 9.80. The third-order valence-corrected chi connectivity index (χ3v) is 5.09. The SMILES string of the molecule is Cl.Fc1cc(Cl)cc([C@@H](C2CCCCC2)N2CCNCC2)c1. The van der Waals surface area contributed by atoms with Crippen molar-refractivity contribution in [3.8, 4) is 0 Å². The van der Waals surface area contributed by atoms with Crippen LogP contribution in [0.4, 0.5) is 4.39 Å². The number of nitrogens with zero attached hydrogens (tertiary/aromatic N) is 1. The van der Waals surface area contributed by atoms with Crippen molar-refractivity contribution in [2.75, 3.05) is 26.2 Å². The Morgan fingerprint density at radius 3 is 2.41 bits per heavy atom. The Kier molecular flexibility index (Phi) is 6.94. The van der Waals surface area contributed by atoms with E-state index in [1.165, 1.54) is 38.2 Å². The van der Waals surface area contributed by atoms with Gasteiger partial charge in [-0.1, -0.05) is 30.9 Å². The van der Waals surface area contributed by atoms with Crippen LogP contribution in [0.5, 0.6) is 0 Å². The molecule has 0 radical (unpaired) electrons. The molecular weight excluding hydrogens is 322 g/mol. The molecule has 0 aromatic heterocycles. The number of nitrogens with one attached hydrogen (secondary N) is 1. The average Bonchev–Trinajstić information content (AvgIpc) is 2.49. The first kappa shape index (κ1) is 18.0. The maximum Gasteiger partial charge on any atom is 0.125 e. The van der Waals surface area contributed by atoms with E-state index in [-0.39, 0.29) is 18.2 Å². The molecule has 0 bridgehead atoms. The number of piperazine rings is 1. The highest BCUT2D eigenvalue weighted by atomic mass is 35.5. The summed E-state index contributed by atoms with van der Waals surface area (Å²) in [6, 6.07) is 5.38. The molecule has 2 aliphatic rings. The quantitative estimate of drug-likeness (QED) is 0.870. The van der Waals surface area contributed by atoms with E-state index in [2.05, 4.69) is 10.2 Å². The van der Waals surface area contributed by atoms with E-state index in [9.17, 15) is 4.39 Å². The maximum absolute atomic E-state index is 13.8. The van der Waals surface area contributed by atoms with Crippen LogP contribution in [0.1, 0.15) is 43.7 Å². The van der Waals surface area contributed by atoms with Gasteiger partial charge in [0.15, 0.2) is 0 Å². The molecule has 1 N–H and O–H groups in total. The zero-order valence-corrected chi connectivity index (χ0v) is 14.4. The number of rotatable bonds is 3. The molecule has 1 atom stereocenters. The highest BCUT2D eigenvalue weighted by Gasteiger charge is 2.31. The van der Waals surface area contributed by atoms with Crippen molar-refractivity contribution in [1.29, 1.82) is 0 Å². The first-order valence-corrected chi connectivity index (χ1v) is 8.52. The summed E-state index contributed by atoms with van der Waals surface area (Å²) < 4.78 is 13.8. The van der Waals surface area contributed by atoms with Crippen LogP contribution in [0.3, 0.4) is 0 Å². The van der Waals surface area contributed by atoms with Gasteiger partial charge in [0.1, 0.15) is 5.82 Å². The van der Waals surface area contributed by atoms with E-state index in [0.29, 0.717) is 17.0 Å². The fourth-order valence-corrected chi connectivity index (χ4v) is 4.17. The summed E-state index contributed by atoms with van der Waals surface area (Å²) in [6.07, 6.45) is 6.45. The summed E-state index contributed by atoms with van der Waals surface area (Å²) in [7, 11) is 0. The largest absolute Gasteiger partial charge is 0.314 e. The minimum atomic E-state index is -0.214. The summed E-state index contributed by atoms with van der Waals surface area (Å²) in [6.45, 7) is 4.11. The Morgan fingerprint density at radius 1 is 1.09 bits per heavy atom. The predicted octanol–water partition coefficient (Wildman–Crippen LogP) is 4.43. The van der Waals surface area contributed by atoms with E-state index >= 15 is 0 Å². The number of hydrogen-bond acceptors (Lipinski definition) is 2. The Morgan fingerprint density at radius 2 is 1.77 bits per heavy atom. The number of halogens is 3. The van der Waals surface area contributed by atoms with Gasteiger partial charge in [-0.15, -0.1) is 12.4 Å². The van der Waals surface area contributed by atoms with Crippen molar-refractivity contribution in [2.45, 2.75) is 38.1 Å². The van der Waals surface area contributed by atoms with Crippen LogP contribution in [-0.2, 0) is 0 Å². The molecule has 2 fully saturated rings. The van der Waals surface area contributed by atoms with Gasteiger partial charge in [0.25, 0.3) is 0 Å². The molecule has 5 heteroatoms. The Hall–Kier alpha value is -0.350. The Bertz CT molecular complexity index is 433. The Labute approximate surface area is 143 Å². The number of benzene rings is 1. The second-order valence-corrected chi connectivity index (χ2v) is 6.77. The van der Waals surface area contributed by atoms with Crippen LogP contribution in [0.15, 0.2) is 18.2 Å². The third kappa shape index (κ3) is 4.35. The van der Waals surface area contributed by atoms with E-state index in [1.54, 1.807) is 6.07 Å². The fraction of sp³-hybridized carbons (Fsp3) is 0.647. The second-order valence-electron chi connectivity index (χ2n) is 6.33. The normalized spacial score (nSPS) is 22.1. The van der Waals surface area contributed by atoms with Crippen LogP contribution >= 0.6 is 24.0 Å². The molecule has 0 spiro atoms. The molecule has 0 amide bonds. The lowest BCUT2D eigenvalue weighted by molar-refractivity contribution is 0.103. The van der Waals surface area contributed by atoms with Gasteiger partial charge >= 0.3 is 0 Å². The van der Waals surface area contributed by atoms with Crippen LogP contribution < -0.4 is 5.32 Å². The van der Waals surface area contributed by atoms with Crippen molar-refractivity contribution in [1.82, 2.24) is 10.2 Å².